The van der Waals surface area contributed by atoms with Crippen molar-refractivity contribution in [3.63, 3.8) is 0 Å². The van der Waals surface area contributed by atoms with E-state index in [-0.39, 0.29) is 23.5 Å². The number of hydrogen-bond donors (Lipinski definition) is 0. The first-order chi connectivity index (χ1) is 10.7. The molecule has 0 N–H and O–H groups in total. The van der Waals surface area contributed by atoms with Gasteiger partial charge in [-0.15, -0.1) is 0 Å². The van der Waals surface area contributed by atoms with Gasteiger partial charge in [0.1, 0.15) is 5.75 Å². The number of alkyl halides is 6. The monoisotopic (exact) mass is 332 g/mol. The molecule has 0 spiro atoms. The van der Waals surface area contributed by atoms with Crippen LogP contribution in [0.5, 0.6) is 5.75 Å². The van der Waals surface area contributed by atoms with Gasteiger partial charge in [-0.25, -0.2) is 0 Å². The molecule has 0 saturated heterocycles. The third-order valence-corrected chi connectivity index (χ3v) is 3.61. The van der Waals surface area contributed by atoms with Crippen molar-refractivity contribution in [1.82, 2.24) is 0 Å². The van der Waals surface area contributed by atoms with Crippen LogP contribution in [0.1, 0.15) is 16.7 Å². The molecule has 0 atom stereocenters. The van der Waals surface area contributed by atoms with Gasteiger partial charge in [0.15, 0.2) is 0 Å². The molecule has 2 aromatic carbocycles. The molecule has 0 saturated carbocycles. The number of halogens is 6. The van der Waals surface area contributed by atoms with Crippen LogP contribution in [-0.2, 0) is 18.8 Å². The molecule has 1 aliphatic rings. The second-order valence-corrected chi connectivity index (χ2v) is 5.19. The van der Waals surface area contributed by atoms with Crippen LogP contribution >= 0.6 is 0 Å². The Morgan fingerprint density at radius 1 is 0.826 bits per heavy atom. The highest BCUT2D eigenvalue weighted by Crippen LogP contribution is 2.43. The summed E-state index contributed by atoms with van der Waals surface area (Å²) in [6, 6.07) is 6.03. The predicted octanol–water partition coefficient (Wildman–Crippen LogP) is 5.33. The van der Waals surface area contributed by atoms with Crippen molar-refractivity contribution in [3.8, 4) is 16.9 Å². The van der Waals surface area contributed by atoms with E-state index in [1.807, 2.05) is 0 Å². The molecular weight excluding hydrogens is 322 g/mol. The largest absolute Gasteiger partial charge is 0.492 e. The molecule has 1 heterocycles. The van der Waals surface area contributed by atoms with Crippen LogP contribution < -0.4 is 4.74 Å². The third kappa shape index (κ3) is 3.00. The minimum Gasteiger partial charge on any atom is -0.492 e. The lowest BCUT2D eigenvalue weighted by Gasteiger charge is -2.15. The fourth-order valence-corrected chi connectivity index (χ4v) is 2.55. The van der Waals surface area contributed by atoms with E-state index in [0.29, 0.717) is 12.0 Å². The maximum Gasteiger partial charge on any atom is 0.416 e. The summed E-state index contributed by atoms with van der Waals surface area (Å²) in [6.45, 7) is 0.211. The van der Waals surface area contributed by atoms with Crippen LogP contribution in [0.2, 0.25) is 0 Å². The average Bonchev–Trinajstić information content (AvgIpc) is 2.93. The van der Waals surface area contributed by atoms with Crippen molar-refractivity contribution in [2.75, 3.05) is 6.61 Å². The highest BCUT2D eigenvalue weighted by Gasteiger charge is 2.34. The van der Waals surface area contributed by atoms with E-state index in [1.165, 1.54) is 12.1 Å². The number of rotatable bonds is 1. The highest BCUT2D eigenvalue weighted by atomic mass is 19.4. The SMILES string of the molecule is FC(F)(F)c1cccc(-c2cc(C(F)(F)F)cc3c2OCC3)c1. The van der Waals surface area contributed by atoms with Gasteiger partial charge in [0.05, 0.1) is 17.7 Å². The maximum atomic E-state index is 13.0. The minimum absolute atomic E-state index is 0.0263. The van der Waals surface area contributed by atoms with E-state index in [2.05, 4.69) is 0 Å². The molecule has 1 nitrogen and oxygen atoms in total. The van der Waals surface area contributed by atoms with Crippen molar-refractivity contribution in [3.05, 3.63) is 53.1 Å². The number of benzene rings is 2. The van der Waals surface area contributed by atoms with Crippen molar-refractivity contribution in [1.29, 1.82) is 0 Å². The molecule has 1 aliphatic heterocycles. The van der Waals surface area contributed by atoms with Crippen molar-refractivity contribution in [2.45, 2.75) is 18.8 Å². The smallest absolute Gasteiger partial charge is 0.416 e. The third-order valence-electron chi connectivity index (χ3n) is 3.61. The van der Waals surface area contributed by atoms with E-state index in [1.54, 1.807) is 0 Å². The Balaban J connectivity index is 2.18. The highest BCUT2D eigenvalue weighted by molar-refractivity contribution is 5.74. The molecule has 23 heavy (non-hydrogen) atoms. The average molecular weight is 332 g/mol. The summed E-state index contributed by atoms with van der Waals surface area (Å²) in [6.07, 6.45) is -8.85. The molecule has 0 bridgehead atoms. The Kier molecular flexibility index (Phi) is 3.54. The Labute approximate surface area is 127 Å². The van der Waals surface area contributed by atoms with Crippen LogP contribution in [0.3, 0.4) is 0 Å². The number of fused-ring (bicyclic) bond motifs is 1. The molecule has 0 aromatic heterocycles. The zero-order valence-electron chi connectivity index (χ0n) is 11.6. The second kappa shape index (κ2) is 5.18. The van der Waals surface area contributed by atoms with Gasteiger partial charge < -0.3 is 4.74 Å². The Bertz CT molecular complexity index is 745. The van der Waals surface area contributed by atoms with Crippen LogP contribution in [-0.4, -0.2) is 6.61 Å². The molecule has 0 unspecified atom stereocenters. The van der Waals surface area contributed by atoms with Gasteiger partial charge in [-0.1, -0.05) is 12.1 Å². The van der Waals surface area contributed by atoms with Crippen molar-refractivity contribution in [2.24, 2.45) is 0 Å². The topological polar surface area (TPSA) is 9.23 Å². The lowest BCUT2D eigenvalue weighted by molar-refractivity contribution is -0.138. The Hall–Kier alpha value is -2.18. The van der Waals surface area contributed by atoms with Crippen LogP contribution in [0.25, 0.3) is 11.1 Å². The molecule has 3 rings (SSSR count). The first kappa shape index (κ1) is 15.7. The number of hydrogen-bond acceptors (Lipinski definition) is 1. The van der Waals surface area contributed by atoms with E-state index < -0.39 is 23.5 Å². The molecule has 0 amide bonds. The zero-order valence-corrected chi connectivity index (χ0v) is 11.6. The van der Waals surface area contributed by atoms with E-state index in [9.17, 15) is 26.3 Å². The quantitative estimate of drug-likeness (QED) is 0.642. The summed E-state index contributed by atoms with van der Waals surface area (Å²) in [4.78, 5) is 0. The van der Waals surface area contributed by atoms with Crippen LogP contribution in [0, 0.1) is 0 Å². The molecule has 2 aromatic rings. The van der Waals surface area contributed by atoms with Crippen LogP contribution in [0.4, 0.5) is 26.3 Å². The predicted molar refractivity (Wildman–Crippen MR) is 71.1 cm³/mol. The minimum atomic E-state index is -4.58. The molecular formula is C16H10F6O. The van der Waals surface area contributed by atoms with E-state index in [0.717, 1.165) is 24.3 Å². The Morgan fingerprint density at radius 2 is 1.52 bits per heavy atom. The van der Waals surface area contributed by atoms with Gasteiger partial charge in [0.2, 0.25) is 0 Å². The maximum absolute atomic E-state index is 13.0. The molecule has 7 heteroatoms. The summed E-state index contributed by atoms with van der Waals surface area (Å²) >= 11 is 0. The summed E-state index contributed by atoms with van der Waals surface area (Å²) in [7, 11) is 0. The van der Waals surface area contributed by atoms with Gasteiger partial charge in [-0.3, -0.25) is 0 Å². The number of ether oxygens (including phenoxy) is 1. The first-order valence-electron chi connectivity index (χ1n) is 6.71. The normalized spacial score (nSPS) is 14.5. The van der Waals surface area contributed by atoms with Crippen molar-refractivity contribution < 1.29 is 31.1 Å². The lowest BCUT2D eigenvalue weighted by atomic mass is 9.96. The van der Waals surface area contributed by atoms with Gasteiger partial charge in [0.25, 0.3) is 0 Å². The lowest BCUT2D eigenvalue weighted by Crippen LogP contribution is -2.07. The van der Waals surface area contributed by atoms with Crippen molar-refractivity contribution >= 4 is 0 Å². The standard InChI is InChI=1S/C16H10F6O/c17-15(18,19)11-3-1-2-9(6-11)13-8-12(16(20,21)22)7-10-4-5-23-14(10)13/h1-3,6-8H,4-5H2. The van der Waals surface area contributed by atoms with Gasteiger partial charge in [-0.05, 0) is 35.4 Å². The van der Waals surface area contributed by atoms with E-state index in [4.69, 9.17) is 4.74 Å². The second-order valence-electron chi connectivity index (χ2n) is 5.19. The van der Waals surface area contributed by atoms with Gasteiger partial charge in [0, 0.05) is 12.0 Å². The Morgan fingerprint density at radius 3 is 2.17 bits per heavy atom. The summed E-state index contributed by atoms with van der Waals surface area (Å²) in [5.74, 6) is 0.220. The fourth-order valence-electron chi connectivity index (χ4n) is 2.55. The summed E-state index contributed by atoms with van der Waals surface area (Å²) in [5, 5.41) is 0. The summed E-state index contributed by atoms with van der Waals surface area (Å²) in [5.41, 5.74) is -1.39. The fraction of sp³-hybridized carbons (Fsp3) is 0.250. The zero-order chi connectivity index (χ0) is 16.8. The van der Waals surface area contributed by atoms with Crippen LogP contribution in [0.15, 0.2) is 36.4 Å². The summed E-state index contributed by atoms with van der Waals surface area (Å²) < 4.78 is 82.8. The van der Waals surface area contributed by atoms with Gasteiger partial charge in [-0.2, -0.15) is 26.3 Å². The molecule has 0 fully saturated rings. The molecule has 122 valence electrons. The molecule has 0 aliphatic carbocycles. The molecule has 0 radical (unpaired) electrons. The first-order valence-corrected chi connectivity index (χ1v) is 6.71. The van der Waals surface area contributed by atoms with E-state index >= 15 is 0 Å². The van der Waals surface area contributed by atoms with Gasteiger partial charge >= 0.3 is 12.4 Å².